The maximum atomic E-state index is 13.0. The molecule has 1 fully saturated rings. The minimum absolute atomic E-state index is 0.468. The molecule has 4 amide bonds. The fourth-order valence-electron chi connectivity index (χ4n) is 3.03. The summed E-state index contributed by atoms with van der Waals surface area (Å²) in [6.45, 7) is 5.09. The van der Waals surface area contributed by atoms with Crippen LogP contribution in [-0.4, -0.2) is 28.8 Å². The molecule has 1 heterocycles. The highest BCUT2D eigenvalue weighted by Gasteiger charge is 2.51. The van der Waals surface area contributed by atoms with Gasteiger partial charge in [0.25, 0.3) is 5.91 Å². The lowest BCUT2D eigenvalue weighted by molar-refractivity contribution is -0.136. The van der Waals surface area contributed by atoms with Gasteiger partial charge in [0.2, 0.25) is 5.91 Å². The van der Waals surface area contributed by atoms with Gasteiger partial charge in [-0.05, 0) is 44.5 Å². The van der Waals surface area contributed by atoms with Crippen LogP contribution < -0.4 is 10.6 Å². The number of imide groups is 1. The molecule has 0 saturated carbocycles. The molecule has 0 aliphatic carbocycles. The molecule has 2 atom stereocenters. The Morgan fingerprint density at radius 2 is 1.85 bits per heavy atom. The molecule has 2 aromatic carbocycles. The number of urea groups is 1. The van der Waals surface area contributed by atoms with Gasteiger partial charge in [-0.25, -0.2) is 9.69 Å². The summed E-state index contributed by atoms with van der Waals surface area (Å²) in [5.41, 5.74) is 0.990. The van der Waals surface area contributed by atoms with Crippen molar-refractivity contribution in [1.82, 2.24) is 10.2 Å². The molecule has 2 N–H and O–H groups in total. The van der Waals surface area contributed by atoms with E-state index in [1.54, 1.807) is 43.3 Å². The molecule has 2 aromatic rings. The molecule has 7 heteroatoms. The summed E-state index contributed by atoms with van der Waals surface area (Å²) < 4.78 is 0. The molecule has 27 heavy (non-hydrogen) atoms. The van der Waals surface area contributed by atoms with Crippen LogP contribution in [0.5, 0.6) is 0 Å². The lowest BCUT2D eigenvalue weighted by Crippen LogP contribution is -2.47. The molecule has 3 rings (SSSR count). The van der Waals surface area contributed by atoms with Gasteiger partial charge in [-0.15, -0.1) is 0 Å². The predicted octanol–water partition coefficient (Wildman–Crippen LogP) is 3.44. The fraction of sp³-hybridized carbons (Fsp3) is 0.250. The molecule has 6 nitrogen and oxygen atoms in total. The van der Waals surface area contributed by atoms with Gasteiger partial charge in [0, 0.05) is 10.7 Å². The fourth-order valence-corrected chi connectivity index (χ4v) is 3.22. The standard InChI is InChI=1S/C20H20ClN3O3/c1-12-7-9-14(10-8-12)20(3)18(26)24(19(27)23-20)13(2)17(25)22-16-6-4-5-15(21)11-16/h4-11,13H,1-3H3,(H,22,25)(H,23,27)/t13-,20+/m1/s1. The third-order valence-corrected chi connectivity index (χ3v) is 4.95. The molecular formula is C20H20ClN3O3. The van der Waals surface area contributed by atoms with Gasteiger partial charge >= 0.3 is 6.03 Å². The number of rotatable bonds is 4. The van der Waals surface area contributed by atoms with Crippen molar-refractivity contribution in [3.05, 3.63) is 64.7 Å². The molecule has 0 spiro atoms. The van der Waals surface area contributed by atoms with Crippen molar-refractivity contribution in [3.8, 4) is 0 Å². The van der Waals surface area contributed by atoms with Crippen molar-refractivity contribution >= 4 is 35.1 Å². The molecule has 0 unspecified atom stereocenters. The van der Waals surface area contributed by atoms with Gasteiger partial charge in [0.05, 0.1) is 0 Å². The maximum Gasteiger partial charge on any atom is 0.326 e. The van der Waals surface area contributed by atoms with Crippen LogP contribution in [0.1, 0.15) is 25.0 Å². The van der Waals surface area contributed by atoms with E-state index >= 15 is 0 Å². The van der Waals surface area contributed by atoms with Gasteiger partial charge in [0.15, 0.2) is 0 Å². The highest BCUT2D eigenvalue weighted by molar-refractivity contribution is 6.30. The molecule has 0 aromatic heterocycles. The van der Waals surface area contributed by atoms with Crippen molar-refractivity contribution in [3.63, 3.8) is 0 Å². The first kappa shape index (κ1) is 18.9. The lowest BCUT2D eigenvalue weighted by atomic mass is 9.91. The number of anilines is 1. The average Bonchev–Trinajstić information content (AvgIpc) is 2.84. The zero-order valence-corrected chi connectivity index (χ0v) is 16.0. The number of carbonyl (C=O) groups is 3. The third-order valence-electron chi connectivity index (χ3n) is 4.71. The van der Waals surface area contributed by atoms with Crippen LogP contribution in [0.4, 0.5) is 10.5 Å². The van der Waals surface area contributed by atoms with E-state index in [-0.39, 0.29) is 0 Å². The van der Waals surface area contributed by atoms with E-state index in [9.17, 15) is 14.4 Å². The Balaban J connectivity index is 1.81. The van der Waals surface area contributed by atoms with Crippen molar-refractivity contribution in [2.75, 3.05) is 5.32 Å². The highest BCUT2D eigenvalue weighted by Crippen LogP contribution is 2.30. The van der Waals surface area contributed by atoms with Gasteiger partial charge in [-0.2, -0.15) is 0 Å². The molecule has 0 bridgehead atoms. The van der Waals surface area contributed by atoms with E-state index in [4.69, 9.17) is 11.6 Å². The molecule has 1 aliphatic rings. The monoisotopic (exact) mass is 385 g/mol. The van der Waals surface area contributed by atoms with E-state index in [2.05, 4.69) is 10.6 Å². The van der Waals surface area contributed by atoms with Crippen molar-refractivity contribution < 1.29 is 14.4 Å². The summed E-state index contributed by atoms with van der Waals surface area (Å²) in [7, 11) is 0. The topological polar surface area (TPSA) is 78.5 Å². The number of benzene rings is 2. The molecule has 140 valence electrons. The Kier molecular flexibility index (Phi) is 4.93. The van der Waals surface area contributed by atoms with Crippen LogP contribution >= 0.6 is 11.6 Å². The normalized spacial score (nSPS) is 20.4. The Labute approximate surface area is 162 Å². The van der Waals surface area contributed by atoms with Crippen molar-refractivity contribution in [2.24, 2.45) is 0 Å². The minimum Gasteiger partial charge on any atom is -0.324 e. The van der Waals surface area contributed by atoms with E-state index in [1.807, 2.05) is 19.1 Å². The van der Waals surface area contributed by atoms with Crippen LogP contribution in [0, 0.1) is 6.92 Å². The van der Waals surface area contributed by atoms with Gasteiger partial charge in [-0.3, -0.25) is 9.59 Å². The molecule has 1 saturated heterocycles. The zero-order valence-electron chi connectivity index (χ0n) is 15.2. The predicted molar refractivity (Wildman–Crippen MR) is 103 cm³/mol. The Bertz CT molecular complexity index is 913. The summed E-state index contributed by atoms with van der Waals surface area (Å²) in [5, 5.41) is 5.86. The zero-order chi connectivity index (χ0) is 19.8. The first-order valence-electron chi connectivity index (χ1n) is 8.52. The lowest BCUT2D eigenvalue weighted by Gasteiger charge is -2.24. The van der Waals surface area contributed by atoms with Crippen LogP contribution in [0.15, 0.2) is 48.5 Å². The maximum absolute atomic E-state index is 13.0. The van der Waals surface area contributed by atoms with Gasteiger partial charge < -0.3 is 10.6 Å². The van der Waals surface area contributed by atoms with Crippen molar-refractivity contribution in [1.29, 1.82) is 0 Å². The van der Waals surface area contributed by atoms with Crippen LogP contribution in [0.3, 0.4) is 0 Å². The van der Waals surface area contributed by atoms with E-state index in [0.29, 0.717) is 16.3 Å². The molecule has 1 aliphatic heterocycles. The largest absolute Gasteiger partial charge is 0.326 e. The van der Waals surface area contributed by atoms with Crippen LogP contribution in [0.25, 0.3) is 0 Å². The Morgan fingerprint density at radius 3 is 2.48 bits per heavy atom. The number of nitrogens with one attached hydrogen (secondary N) is 2. The summed E-state index contributed by atoms with van der Waals surface area (Å²) >= 11 is 5.92. The summed E-state index contributed by atoms with van der Waals surface area (Å²) in [6, 6.07) is 12.4. The smallest absolute Gasteiger partial charge is 0.324 e. The number of nitrogens with zero attached hydrogens (tertiary/aromatic N) is 1. The summed E-state index contributed by atoms with van der Waals surface area (Å²) in [4.78, 5) is 39.0. The first-order chi connectivity index (χ1) is 12.7. The quantitative estimate of drug-likeness (QED) is 0.791. The minimum atomic E-state index is -1.21. The average molecular weight is 386 g/mol. The molecule has 0 radical (unpaired) electrons. The van der Waals surface area contributed by atoms with Gasteiger partial charge in [-0.1, -0.05) is 47.5 Å². The van der Waals surface area contributed by atoms with Crippen LogP contribution in [0.2, 0.25) is 5.02 Å². The second-order valence-corrected chi connectivity index (χ2v) is 7.21. The second kappa shape index (κ2) is 7.04. The Morgan fingerprint density at radius 1 is 1.19 bits per heavy atom. The second-order valence-electron chi connectivity index (χ2n) is 6.77. The SMILES string of the molecule is Cc1ccc([C@]2(C)NC(=O)N([C@H](C)C(=O)Nc3cccc(Cl)c3)C2=O)cc1. The summed E-state index contributed by atoms with van der Waals surface area (Å²) in [5.74, 6) is -0.945. The van der Waals surface area contributed by atoms with E-state index < -0.39 is 29.4 Å². The number of hydrogen-bond donors (Lipinski definition) is 2. The number of amides is 4. The number of aryl methyl sites for hydroxylation is 1. The van der Waals surface area contributed by atoms with Crippen LogP contribution in [-0.2, 0) is 15.1 Å². The highest BCUT2D eigenvalue weighted by atomic mass is 35.5. The number of hydrogen-bond acceptors (Lipinski definition) is 3. The Hall–Kier alpha value is -2.86. The van der Waals surface area contributed by atoms with Crippen molar-refractivity contribution in [2.45, 2.75) is 32.4 Å². The number of halogens is 1. The van der Waals surface area contributed by atoms with E-state index in [0.717, 1.165) is 10.5 Å². The van der Waals surface area contributed by atoms with E-state index in [1.165, 1.54) is 6.92 Å². The third kappa shape index (κ3) is 3.53. The van der Waals surface area contributed by atoms with Gasteiger partial charge in [0.1, 0.15) is 11.6 Å². The molecular weight excluding hydrogens is 366 g/mol. The number of carbonyl (C=O) groups excluding carboxylic acids is 3. The first-order valence-corrected chi connectivity index (χ1v) is 8.89. The summed E-state index contributed by atoms with van der Waals surface area (Å²) in [6.07, 6.45) is 0.